The molecule has 0 aliphatic rings. The SMILES string of the molecule is C#CCOC(C)CC=CC(C)=CC(=O)OCC. The summed E-state index contributed by atoms with van der Waals surface area (Å²) in [6.45, 7) is 6.30. The Morgan fingerprint density at radius 2 is 2.24 bits per heavy atom. The van der Waals surface area contributed by atoms with Gasteiger partial charge in [0.2, 0.25) is 0 Å². The minimum atomic E-state index is -0.314. The van der Waals surface area contributed by atoms with Crippen molar-refractivity contribution in [2.24, 2.45) is 0 Å². The molecule has 0 aliphatic heterocycles. The summed E-state index contributed by atoms with van der Waals surface area (Å²) in [5.74, 6) is 2.11. The molecule has 0 rings (SSSR count). The Labute approximate surface area is 103 Å². The Morgan fingerprint density at radius 1 is 1.53 bits per heavy atom. The van der Waals surface area contributed by atoms with Crippen molar-refractivity contribution in [2.45, 2.75) is 33.3 Å². The lowest BCUT2D eigenvalue weighted by atomic mass is 10.2. The number of carbonyl (C=O) groups is 1. The molecule has 1 unspecified atom stereocenters. The molecule has 0 aromatic carbocycles. The number of allylic oxidation sites excluding steroid dienone is 2. The van der Waals surface area contributed by atoms with E-state index < -0.39 is 0 Å². The van der Waals surface area contributed by atoms with E-state index in [4.69, 9.17) is 15.9 Å². The Bertz CT molecular complexity index is 321. The van der Waals surface area contributed by atoms with Crippen LogP contribution in [-0.4, -0.2) is 25.3 Å². The molecule has 0 heterocycles. The Balaban J connectivity index is 3.99. The van der Waals surface area contributed by atoms with Crippen LogP contribution < -0.4 is 0 Å². The van der Waals surface area contributed by atoms with E-state index in [0.717, 1.165) is 12.0 Å². The highest BCUT2D eigenvalue weighted by Crippen LogP contribution is 2.02. The van der Waals surface area contributed by atoms with Gasteiger partial charge in [0.1, 0.15) is 6.61 Å². The maximum atomic E-state index is 11.1. The van der Waals surface area contributed by atoms with Gasteiger partial charge in [0.05, 0.1) is 12.7 Å². The Morgan fingerprint density at radius 3 is 2.82 bits per heavy atom. The normalized spacial score (nSPS) is 13.4. The van der Waals surface area contributed by atoms with Gasteiger partial charge in [-0.15, -0.1) is 6.42 Å². The highest BCUT2D eigenvalue weighted by atomic mass is 16.5. The minimum Gasteiger partial charge on any atom is -0.463 e. The molecule has 1 atom stereocenters. The molecule has 0 N–H and O–H groups in total. The van der Waals surface area contributed by atoms with Crippen LogP contribution in [0.2, 0.25) is 0 Å². The summed E-state index contributed by atoms with van der Waals surface area (Å²) in [6.07, 6.45) is 11.2. The van der Waals surface area contributed by atoms with Crippen molar-refractivity contribution in [1.82, 2.24) is 0 Å². The van der Waals surface area contributed by atoms with Crippen molar-refractivity contribution in [3.8, 4) is 12.3 Å². The van der Waals surface area contributed by atoms with Gasteiger partial charge in [0, 0.05) is 6.08 Å². The van der Waals surface area contributed by atoms with Crippen LogP contribution in [0.4, 0.5) is 0 Å². The quantitative estimate of drug-likeness (QED) is 0.295. The smallest absolute Gasteiger partial charge is 0.330 e. The summed E-state index contributed by atoms with van der Waals surface area (Å²) >= 11 is 0. The molecule has 0 fully saturated rings. The predicted molar refractivity (Wildman–Crippen MR) is 68.4 cm³/mol. The number of terminal acetylenes is 1. The second-order valence-corrected chi connectivity index (χ2v) is 3.60. The topological polar surface area (TPSA) is 35.5 Å². The largest absolute Gasteiger partial charge is 0.463 e. The van der Waals surface area contributed by atoms with E-state index in [2.05, 4.69) is 5.92 Å². The predicted octanol–water partition coefficient (Wildman–Crippen LogP) is 2.48. The molecule has 94 valence electrons. The van der Waals surface area contributed by atoms with Crippen LogP contribution in [-0.2, 0) is 14.3 Å². The minimum absolute atomic E-state index is 0.0812. The van der Waals surface area contributed by atoms with E-state index in [1.54, 1.807) is 6.92 Å². The van der Waals surface area contributed by atoms with E-state index in [1.165, 1.54) is 6.08 Å². The third-order valence-electron chi connectivity index (χ3n) is 1.93. The van der Waals surface area contributed by atoms with Gasteiger partial charge in [0.15, 0.2) is 0 Å². The van der Waals surface area contributed by atoms with Gasteiger partial charge in [0.25, 0.3) is 0 Å². The molecule has 0 saturated heterocycles. The summed E-state index contributed by atoms with van der Waals surface area (Å²) in [4.78, 5) is 11.1. The van der Waals surface area contributed by atoms with E-state index >= 15 is 0 Å². The molecule has 3 nitrogen and oxygen atoms in total. The summed E-state index contributed by atoms with van der Waals surface area (Å²) < 4.78 is 10.1. The van der Waals surface area contributed by atoms with E-state index in [-0.39, 0.29) is 12.1 Å². The summed E-state index contributed by atoms with van der Waals surface area (Å²) in [6, 6.07) is 0. The number of carbonyl (C=O) groups excluding carboxylic acids is 1. The van der Waals surface area contributed by atoms with Gasteiger partial charge >= 0.3 is 5.97 Å². The van der Waals surface area contributed by atoms with Crippen molar-refractivity contribution in [3.05, 3.63) is 23.8 Å². The first-order valence-electron chi connectivity index (χ1n) is 5.66. The van der Waals surface area contributed by atoms with Crippen LogP contribution in [0.3, 0.4) is 0 Å². The van der Waals surface area contributed by atoms with Crippen LogP contribution in [0.25, 0.3) is 0 Å². The van der Waals surface area contributed by atoms with Crippen LogP contribution in [0, 0.1) is 12.3 Å². The van der Waals surface area contributed by atoms with Crippen LogP contribution >= 0.6 is 0 Å². The fourth-order valence-electron chi connectivity index (χ4n) is 1.12. The highest BCUT2D eigenvalue weighted by molar-refractivity contribution is 5.83. The second kappa shape index (κ2) is 9.68. The third-order valence-corrected chi connectivity index (χ3v) is 1.93. The lowest BCUT2D eigenvalue weighted by Gasteiger charge is -2.07. The molecule has 0 saturated carbocycles. The van der Waals surface area contributed by atoms with Crippen molar-refractivity contribution in [1.29, 1.82) is 0 Å². The summed E-state index contributed by atoms with van der Waals surface area (Å²) in [5.41, 5.74) is 0.854. The average molecular weight is 236 g/mol. The van der Waals surface area contributed by atoms with Crippen molar-refractivity contribution in [2.75, 3.05) is 13.2 Å². The van der Waals surface area contributed by atoms with Crippen molar-refractivity contribution in [3.63, 3.8) is 0 Å². The zero-order chi connectivity index (χ0) is 13.1. The number of rotatable bonds is 7. The molecular weight excluding hydrogens is 216 g/mol. The van der Waals surface area contributed by atoms with Crippen LogP contribution in [0.15, 0.2) is 23.8 Å². The van der Waals surface area contributed by atoms with Gasteiger partial charge in [-0.2, -0.15) is 0 Å². The molecule has 0 spiro atoms. The maximum Gasteiger partial charge on any atom is 0.330 e. The van der Waals surface area contributed by atoms with Crippen molar-refractivity contribution >= 4 is 5.97 Å². The standard InChI is InChI=1S/C14H20O3/c1-5-10-17-13(4)9-7-8-12(3)11-14(15)16-6-2/h1,7-8,11,13H,6,9-10H2,2-4H3. The number of hydrogen-bond donors (Lipinski definition) is 0. The zero-order valence-electron chi connectivity index (χ0n) is 10.7. The first-order valence-corrected chi connectivity index (χ1v) is 5.66. The molecular formula is C14H20O3. The third kappa shape index (κ3) is 9.40. The molecule has 0 amide bonds. The van der Waals surface area contributed by atoms with Crippen molar-refractivity contribution < 1.29 is 14.3 Å². The van der Waals surface area contributed by atoms with Gasteiger partial charge in [-0.1, -0.05) is 18.1 Å². The van der Waals surface area contributed by atoms with Crippen LogP contribution in [0.5, 0.6) is 0 Å². The maximum absolute atomic E-state index is 11.1. The van der Waals surface area contributed by atoms with E-state index in [0.29, 0.717) is 13.2 Å². The number of hydrogen-bond acceptors (Lipinski definition) is 3. The Hall–Kier alpha value is -1.53. The van der Waals surface area contributed by atoms with E-state index in [9.17, 15) is 4.79 Å². The van der Waals surface area contributed by atoms with Gasteiger partial charge in [-0.3, -0.25) is 0 Å². The summed E-state index contributed by atoms with van der Waals surface area (Å²) in [5, 5.41) is 0. The first-order chi connectivity index (χ1) is 8.10. The zero-order valence-corrected chi connectivity index (χ0v) is 10.7. The summed E-state index contributed by atoms with van der Waals surface area (Å²) in [7, 11) is 0. The fraction of sp³-hybridized carbons (Fsp3) is 0.500. The van der Waals surface area contributed by atoms with Gasteiger partial charge in [-0.25, -0.2) is 4.79 Å². The lowest BCUT2D eigenvalue weighted by Crippen LogP contribution is -2.06. The highest BCUT2D eigenvalue weighted by Gasteiger charge is 1.98. The molecule has 0 aromatic rings. The fourth-order valence-corrected chi connectivity index (χ4v) is 1.12. The average Bonchev–Trinajstić information content (AvgIpc) is 2.26. The molecule has 17 heavy (non-hydrogen) atoms. The van der Waals surface area contributed by atoms with Crippen LogP contribution in [0.1, 0.15) is 27.2 Å². The monoisotopic (exact) mass is 236 g/mol. The molecule has 0 aromatic heterocycles. The second-order valence-electron chi connectivity index (χ2n) is 3.60. The van der Waals surface area contributed by atoms with E-state index in [1.807, 2.05) is 26.0 Å². The Kier molecular flexibility index (Phi) is 8.81. The molecule has 3 heteroatoms. The van der Waals surface area contributed by atoms with Gasteiger partial charge in [-0.05, 0) is 32.8 Å². The lowest BCUT2D eigenvalue weighted by molar-refractivity contribution is -0.137. The molecule has 0 aliphatic carbocycles. The molecule has 0 radical (unpaired) electrons. The molecule has 0 bridgehead atoms. The van der Waals surface area contributed by atoms with Gasteiger partial charge < -0.3 is 9.47 Å². The first kappa shape index (κ1) is 15.5. The number of esters is 1. The number of ether oxygens (including phenoxy) is 2.